The molecule has 2 heterocycles. The Hall–Kier alpha value is -1.82. The van der Waals surface area contributed by atoms with Crippen molar-refractivity contribution in [3.63, 3.8) is 0 Å². The molecule has 6 heteroatoms. The molecule has 1 unspecified atom stereocenters. The Labute approximate surface area is 138 Å². The van der Waals surface area contributed by atoms with E-state index in [1.54, 1.807) is 4.90 Å². The zero-order valence-electron chi connectivity index (χ0n) is 14.2. The highest BCUT2D eigenvalue weighted by Gasteiger charge is 2.22. The van der Waals surface area contributed by atoms with E-state index >= 15 is 0 Å². The summed E-state index contributed by atoms with van der Waals surface area (Å²) in [7, 11) is 0. The molecule has 2 N–H and O–H groups in total. The average Bonchev–Trinajstić information content (AvgIpc) is 2.61. The molecule has 23 heavy (non-hydrogen) atoms. The van der Waals surface area contributed by atoms with Crippen LogP contribution in [0.3, 0.4) is 0 Å². The first-order chi connectivity index (χ1) is 11.2. The van der Waals surface area contributed by atoms with E-state index in [0.29, 0.717) is 13.1 Å². The molecular formula is C17H28N4O2. The molecule has 1 saturated heterocycles. The Balaban J connectivity index is 1.84. The van der Waals surface area contributed by atoms with Crippen molar-refractivity contribution in [2.75, 3.05) is 37.7 Å². The Morgan fingerprint density at radius 1 is 1.43 bits per heavy atom. The van der Waals surface area contributed by atoms with Gasteiger partial charge in [0.15, 0.2) is 0 Å². The Bertz CT molecular complexity index is 488. The van der Waals surface area contributed by atoms with Gasteiger partial charge in [-0.1, -0.05) is 6.07 Å². The summed E-state index contributed by atoms with van der Waals surface area (Å²) in [6.07, 6.45) is 3.77. The number of likely N-dealkylation sites (tertiary alicyclic amines) is 1. The van der Waals surface area contributed by atoms with Crippen molar-refractivity contribution in [1.29, 1.82) is 0 Å². The van der Waals surface area contributed by atoms with Crippen LogP contribution in [0.1, 0.15) is 32.3 Å². The molecule has 2 rings (SSSR count). The number of hydrogen-bond donors (Lipinski definition) is 2. The highest BCUT2D eigenvalue weighted by Crippen LogP contribution is 2.16. The monoisotopic (exact) mass is 320 g/mol. The van der Waals surface area contributed by atoms with E-state index in [1.807, 2.05) is 18.3 Å². The van der Waals surface area contributed by atoms with Crippen molar-refractivity contribution in [3.8, 4) is 0 Å². The minimum Gasteiger partial charge on any atom is -0.396 e. The van der Waals surface area contributed by atoms with Crippen molar-refractivity contribution in [2.45, 2.75) is 33.2 Å². The second-order valence-electron chi connectivity index (χ2n) is 5.99. The van der Waals surface area contributed by atoms with Crippen LogP contribution in [0.2, 0.25) is 0 Å². The van der Waals surface area contributed by atoms with E-state index in [-0.39, 0.29) is 18.6 Å². The largest absolute Gasteiger partial charge is 0.396 e. The van der Waals surface area contributed by atoms with Crippen LogP contribution >= 0.6 is 0 Å². The second-order valence-corrected chi connectivity index (χ2v) is 5.99. The maximum Gasteiger partial charge on any atom is 0.317 e. The van der Waals surface area contributed by atoms with Crippen LogP contribution in [0.15, 0.2) is 18.3 Å². The van der Waals surface area contributed by atoms with Gasteiger partial charge in [0.05, 0.1) is 0 Å². The third-order valence-electron chi connectivity index (χ3n) is 4.40. The molecular weight excluding hydrogens is 292 g/mol. The third kappa shape index (κ3) is 4.82. The molecule has 1 aliphatic heterocycles. The van der Waals surface area contributed by atoms with Crippen molar-refractivity contribution >= 4 is 11.8 Å². The number of nitrogens with one attached hydrogen (secondary N) is 1. The number of aliphatic hydroxyl groups excluding tert-OH is 1. The third-order valence-corrected chi connectivity index (χ3v) is 4.40. The topological polar surface area (TPSA) is 68.7 Å². The number of hydrogen-bond acceptors (Lipinski definition) is 4. The average molecular weight is 320 g/mol. The number of anilines is 1. The van der Waals surface area contributed by atoms with Gasteiger partial charge in [-0.3, -0.25) is 0 Å². The zero-order valence-corrected chi connectivity index (χ0v) is 14.2. The second kappa shape index (κ2) is 8.72. The fraction of sp³-hybridized carbons (Fsp3) is 0.647. The standard InChI is InChI=1S/C17H28N4O2/c1-3-20(4-2)16-8-7-14(10-18-16)11-19-17(23)21-9-5-6-15(12-21)13-22/h7-8,10,15,22H,3-6,9,11-13H2,1-2H3,(H,19,23). The van der Waals surface area contributed by atoms with Gasteiger partial charge < -0.3 is 20.2 Å². The molecule has 2 amide bonds. The molecule has 0 aliphatic carbocycles. The van der Waals surface area contributed by atoms with Gasteiger partial charge in [0, 0.05) is 45.5 Å². The van der Waals surface area contributed by atoms with Gasteiger partial charge in [-0.05, 0) is 44.2 Å². The first-order valence-electron chi connectivity index (χ1n) is 8.51. The molecule has 1 aliphatic rings. The lowest BCUT2D eigenvalue weighted by Gasteiger charge is -2.31. The molecule has 0 radical (unpaired) electrons. The van der Waals surface area contributed by atoms with E-state index in [2.05, 4.69) is 29.0 Å². The molecule has 128 valence electrons. The van der Waals surface area contributed by atoms with Gasteiger partial charge in [-0.15, -0.1) is 0 Å². The number of aliphatic hydroxyl groups is 1. The Morgan fingerprint density at radius 2 is 2.22 bits per heavy atom. The van der Waals surface area contributed by atoms with Crippen LogP contribution in [0.25, 0.3) is 0 Å². The van der Waals surface area contributed by atoms with Crippen molar-refractivity contribution < 1.29 is 9.90 Å². The van der Waals surface area contributed by atoms with E-state index in [0.717, 1.165) is 43.9 Å². The molecule has 0 bridgehead atoms. The molecule has 1 atom stereocenters. The minimum atomic E-state index is -0.0593. The fourth-order valence-corrected chi connectivity index (χ4v) is 2.94. The van der Waals surface area contributed by atoms with Crippen LogP contribution in [0.4, 0.5) is 10.6 Å². The molecule has 0 spiro atoms. The number of urea groups is 1. The lowest BCUT2D eigenvalue weighted by atomic mass is 9.99. The SMILES string of the molecule is CCN(CC)c1ccc(CNC(=O)N2CCCC(CO)C2)cn1. The maximum atomic E-state index is 12.2. The van der Waals surface area contributed by atoms with Gasteiger partial charge in [-0.2, -0.15) is 0 Å². The number of rotatable bonds is 6. The summed E-state index contributed by atoms with van der Waals surface area (Å²) in [6.45, 7) is 8.12. The quantitative estimate of drug-likeness (QED) is 0.839. The summed E-state index contributed by atoms with van der Waals surface area (Å²) in [4.78, 5) is 20.6. The van der Waals surface area contributed by atoms with Crippen LogP contribution in [-0.4, -0.2) is 53.8 Å². The van der Waals surface area contributed by atoms with Crippen LogP contribution in [0, 0.1) is 5.92 Å². The van der Waals surface area contributed by atoms with Gasteiger partial charge in [0.2, 0.25) is 0 Å². The van der Waals surface area contributed by atoms with Crippen molar-refractivity contribution in [3.05, 3.63) is 23.9 Å². The highest BCUT2D eigenvalue weighted by atomic mass is 16.3. The van der Waals surface area contributed by atoms with Crippen LogP contribution in [0.5, 0.6) is 0 Å². The molecule has 1 aromatic rings. The van der Waals surface area contributed by atoms with E-state index < -0.39 is 0 Å². The molecule has 0 aromatic carbocycles. The number of aromatic nitrogens is 1. The number of amides is 2. The fourth-order valence-electron chi connectivity index (χ4n) is 2.94. The molecule has 1 fully saturated rings. The summed E-state index contributed by atoms with van der Waals surface area (Å²) in [5, 5.41) is 12.2. The molecule has 6 nitrogen and oxygen atoms in total. The molecule has 0 saturated carbocycles. The van der Waals surface area contributed by atoms with E-state index in [1.165, 1.54) is 0 Å². The minimum absolute atomic E-state index is 0.0593. The summed E-state index contributed by atoms with van der Waals surface area (Å²) in [5.74, 6) is 1.18. The Morgan fingerprint density at radius 3 is 2.83 bits per heavy atom. The number of carbonyl (C=O) groups excluding carboxylic acids is 1. The van der Waals surface area contributed by atoms with Crippen molar-refractivity contribution in [1.82, 2.24) is 15.2 Å². The summed E-state index contributed by atoms with van der Waals surface area (Å²) in [6, 6.07) is 3.95. The number of piperidine rings is 1. The lowest BCUT2D eigenvalue weighted by molar-refractivity contribution is 0.129. The zero-order chi connectivity index (χ0) is 16.7. The van der Waals surface area contributed by atoms with E-state index in [4.69, 9.17) is 0 Å². The first-order valence-corrected chi connectivity index (χ1v) is 8.51. The smallest absolute Gasteiger partial charge is 0.317 e. The number of carbonyl (C=O) groups is 1. The summed E-state index contributed by atoms with van der Waals surface area (Å²) >= 11 is 0. The maximum absolute atomic E-state index is 12.2. The predicted octanol–water partition coefficient (Wildman–Crippen LogP) is 1.84. The van der Waals surface area contributed by atoms with Crippen molar-refractivity contribution in [2.24, 2.45) is 5.92 Å². The van der Waals surface area contributed by atoms with Gasteiger partial charge >= 0.3 is 6.03 Å². The summed E-state index contributed by atoms with van der Waals surface area (Å²) in [5.41, 5.74) is 0.991. The van der Waals surface area contributed by atoms with Crippen LogP contribution in [-0.2, 0) is 6.54 Å². The predicted molar refractivity (Wildman–Crippen MR) is 91.4 cm³/mol. The van der Waals surface area contributed by atoms with Crippen LogP contribution < -0.4 is 10.2 Å². The highest BCUT2D eigenvalue weighted by molar-refractivity contribution is 5.74. The van der Waals surface area contributed by atoms with E-state index in [9.17, 15) is 9.90 Å². The van der Waals surface area contributed by atoms with Gasteiger partial charge in [0.25, 0.3) is 0 Å². The number of nitrogens with zero attached hydrogens (tertiary/aromatic N) is 3. The number of pyridine rings is 1. The van der Waals surface area contributed by atoms with Gasteiger partial charge in [-0.25, -0.2) is 9.78 Å². The summed E-state index contributed by atoms with van der Waals surface area (Å²) < 4.78 is 0. The molecule has 1 aromatic heterocycles. The van der Waals surface area contributed by atoms with Gasteiger partial charge in [0.1, 0.15) is 5.82 Å². The first kappa shape index (κ1) is 17.5. The Kier molecular flexibility index (Phi) is 6.65. The lowest BCUT2D eigenvalue weighted by Crippen LogP contribution is -2.45. The normalized spacial score (nSPS) is 17.9.